The fraction of sp³-hybridized carbons (Fsp3) is 0.240. The van der Waals surface area contributed by atoms with Crippen molar-refractivity contribution >= 4 is 27.5 Å². The van der Waals surface area contributed by atoms with Crippen LogP contribution >= 0.6 is 0 Å². The highest BCUT2D eigenvalue weighted by molar-refractivity contribution is 7.92. The average molecular weight is 510 g/mol. The molecule has 1 aliphatic rings. The summed E-state index contributed by atoms with van der Waals surface area (Å²) in [4.78, 5) is 16.6. The van der Waals surface area contributed by atoms with Gasteiger partial charge in [0, 0.05) is 36.3 Å². The van der Waals surface area contributed by atoms with Crippen LogP contribution in [-0.2, 0) is 16.4 Å². The maximum Gasteiger partial charge on any atom is 0.337 e. The summed E-state index contributed by atoms with van der Waals surface area (Å²) in [7, 11) is 0.893. The molecule has 0 spiro atoms. The van der Waals surface area contributed by atoms with Gasteiger partial charge < -0.3 is 14.8 Å². The zero-order valence-electron chi connectivity index (χ0n) is 20.3. The lowest BCUT2D eigenvalue weighted by Crippen LogP contribution is -2.41. The summed E-state index contributed by atoms with van der Waals surface area (Å²) < 4.78 is 38.9. The van der Waals surface area contributed by atoms with Crippen LogP contribution in [0.25, 0.3) is 0 Å². The molecule has 2 aromatic carbocycles. The zero-order chi connectivity index (χ0) is 25.9. The van der Waals surface area contributed by atoms with Gasteiger partial charge in [-0.15, -0.1) is 0 Å². The van der Waals surface area contributed by atoms with Gasteiger partial charge in [0.15, 0.2) is 11.5 Å². The number of hydrazone groups is 1. The Morgan fingerprint density at radius 3 is 2.39 bits per heavy atom. The Kier molecular flexibility index (Phi) is 7.11. The van der Waals surface area contributed by atoms with Gasteiger partial charge in [-0.2, -0.15) is 5.10 Å². The van der Waals surface area contributed by atoms with Gasteiger partial charge >= 0.3 is 6.03 Å². The number of pyridine rings is 1. The molecular weight excluding hydrogens is 482 g/mol. The van der Waals surface area contributed by atoms with Gasteiger partial charge in [-0.05, 0) is 55.3 Å². The van der Waals surface area contributed by atoms with Crippen molar-refractivity contribution in [3.63, 3.8) is 0 Å². The first-order chi connectivity index (χ1) is 17.3. The lowest BCUT2D eigenvalue weighted by atomic mass is 9.94. The first-order valence-corrected chi connectivity index (χ1v) is 12.6. The quantitative estimate of drug-likeness (QED) is 0.526. The third-order valence-electron chi connectivity index (χ3n) is 5.78. The highest BCUT2D eigenvalue weighted by atomic mass is 32.2. The molecule has 1 aliphatic heterocycles. The third-order valence-corrected chi connectivity index (χ3v) is 7.15. The van der Waals surface area contributed by atoms with E-state index in [2.05, 4.69) is 15.0 Å². The Morgan fingerprint density at radius 2 is 1.78 bits per heavy atom. The minimum absolute atomic E-state index is 0.0624. The molecule has 11 heteroatoms. The summed E-state index contributed by atoms with van der Waals surface area (Å²) in [5, 5.41) is 8.76. The first kappa shape index (κ1) is 25.0. The molecule has 0 radical (unpaired) electrons. The van der Waals surface area contributed by atoms with Crippen LogP contribution in [0.3, 0.4) is 0 Å². The number of aromatic nitrogens is 1. The number of fused-ring (bicyclic) bond motifs is 1. The van der Waals surface area contributed by atoms with E-state index in [1.165, 1.54) is 23.5 Å². The summed E-state index contributed by atoms with van der Waals surface area (Å²) in [6.07, 6.45) is 3.33. The van der Waals surface area contributed by atoms with Gasteiger partial charge in [0.25, 0.3) is 10.0 Å². The number of hydrogen-bond donors (Lipinski definition) is 2. The predicted molar refractivity (Wildman–Crippen MR) is 136 cm³/mol. The normalized spacial score (nSPS) is 15.3. The van der Waals surface area contributed by atoms with Gasteiger partial charge in [-0.1, -0.05) is 12.1 Å². The van der Waals surface area contributed by atoms with Gasteiger partial charge in [-0.3, -0.25) is 9.71 Å². The first-order valence-electron chi connectivity index (χ1n) is 11.2. The van der Waals surface area contributed by atoms with Crippen LogP contribution in [-0.4, -0.2) is 57.5 Å². The highest BCUT2D eigenvalue weighted by Gasteiger charge is 2.28. The van der Waals surface area contributed by atoms with Crippen LogP contribution in [0.2, 0.25) is 0 Å². The lowest BCUT2D eigenvalue weighted by molar-refractivity contribution is 0.184. The number of amides is 2. The molecule has 2 N–H and O–H groups in total. The molecule has 3 aromatic rings. The number of nitrogens with zero attached hydrogens (tertiary/aromatic N) is 3. The minimum Gasteiger partial charge on any atom is -0.493 e. The van der Waals surface area contributed by atoms with Crippen LogP contribution in [0.4, 0.5) is 10.5 Å². The van der Waals surface area contributed by atoms with E-state index in [1.54, 1.807) is 51.6 Å². The molecule has 0 fully saturated rings. The van der Waals surface area contributed by atoms with Gasteiger partial charge in [0.2, 0.25) is 0 Å². The molecule has 188 valence electrons. The summed E-state index contributed by atoms with van der Waals surface area (Å²) in [5.74, 6) is 1.11. The van der Waals surface area contributed by atoms with Gasteiger partial charge in [0.1, 0.15) is 4.90 Å². The molecule has 10 nitrogen and oxygen atoms in total. The van der Waals surface area contributed by atoms with E-state index >= 15 is 0 Å². The molecule has 0 saturated carbocycles. The predicted octanol–water partition coefficient (Wildman–Crippen LogP) is 3.24. The molecule has 1 atom stereocenters. The second-order valence-corrected chi connectivity index (χ2v) is 9.82. The average Bonchev–Trinajstić information content (AvgIpc) is 3.03. The van der Waals surface area contributed by atoms with E-state index < -0.39 is 10.0 Å². The monoisotopic (exact) mass is 509 g/mol. The van der Waals surface area contributed by atoms with E-state index in [1.807, 2.05) is 19.1 Å². The molecule has 36 heavy (non-hydrogen) atoms. The largest absolute Gasteiger partial charge is 0.493 e. The summed E-state index contributed by atoms with van der Waals surface area (Å²) in [6, 6.07) is 13.0. The third kappa shape index (κ3) is 4.96. The Morgan fingerprint density at radius 1 is 1.08 bits per heavy atom. The number of urea groups is 1. The van der Waals surface area contributed by atoms with Crippen molar-refractivity contribution in [3.05, 3.63) is 77.6 Å². The molecule has 0 aliphatic carbocycles. The number of carbonyl (C=O) groups is 1. The Balaban J connectivity index is 1.76. The number of benzene rings is 2. The summed E-state index contributed by atoms with van der Waals surface area (Å²) in [5.41, 5.74) is 3.33. The molecule has 0 saturated heterocycles. The number of methoxy groups -OCH3 is 2. The SMILES string of the molecule is CNC(=O)N1N=C(c2ccc(NS(=O)(=O)c3cccnc3)cc2)c2cc(OC)c(OC)cc2C[C@@H]1C. The van der Waals surface area contributed by atoms with Crippen LogP contribution < -0.4 is 19.5 Å². The molecule has 2 heterocycles. The van der Waals surface area contributed by atoms with E-state index in [-0.39, 0.29) is 17.0 Å². The van der Waals surface area contributed by atoms with Crippen LogP contribution in [0, 0.1) is 0 Å². The van der Waals surface area contributed by atoms with Crippen molar-refractivity contribution in [3.8, 4) is 11.5 Å². The maximum atomic E-state index is 12.7. The topological polar surface area (TPSA) is 122 Å². The van der Waals surface area contributed by atoms with E-state index in [0.717, 1.165) is 11.1 Å². The maximum absolute atomic E-state index is 12.7. The Hall–Kier alpha value is -4.12. The highest BCUT2D eigenvalue weighted by Crippen LogP contribution is 2.34. The molecule has 0 unspecified atom stereocenters. The Bertz CT molecular complexity index is 1390. The number of rotatable bonds is 6. The molecular formula is C25H27N5O5S. The number of carbonyl (C=O) groups excluding carboxylic acids is 1. The van der Waals surface area contributed by atoms with Crippen molar-refractivity contribution in [2.24, 2.45) is 5.10 Å². The van der Waals surface area contributed by atoms with Crippen molar-refractivity contribution in [2.75, 3.05) is 26.0 Å². The fourth-order valence-corrected chi connectivity index (χ4v) is 4.99. The number of ether oxygens (including phenoxy) is 2. The molecule has 2 amide bonds. The zero-order valence-corrected chi connectivity index (χ0v) is 21.2. The van der Waals surface area contributed by atoms with Gasteiger partial charge in [-0.25, -0.2) is 18.2 Å². The van der Waals surface area contributed by atoms with Crippen LogP contribution in [0.1, 0.15) is 23.6 Å². The Labute approximate surface area is 210 Å². The smallest absolute Gasteiger partial charge is 0.337 e. The van der Waals surface area contributed by atoms with Crippen molar-refractivity contribution < 1.29 is 22.7 Å². The number of nitrogens with one attached hydrogen (secondary N) is 2. The van der Waals surface area contributed by atoms with Crippen molar-refractivity contribution in [1.82, 2.24) is 15.3 Å². The van der Waals surface area contributed by atoms with Crippen molar-refractivity contribution in [2.45, 2.75) is 24.3 Å². The van der Waals surface area contributed by atoms with E-state index in [9.17, 15) is 13.2 Å². The standard InChI is InChI=1S/C25H27N5O5S/c1-16-12-18-13-22(34-3)23(35-4)14-21(18)24(28-30(16)25(31)26-2)17-7-9-19(10-8-17)29-36(32,33)20-6-5-11-27-15-20/h5-11,13-16,29H,12H2,1-4H3,(H,26,31)/t16-/m0/s1. The van der Waals surface area contributed by atoms with Crippen molar-refractivity contribution in [1.29, 1.82) is 0 Å². The van der Waals surface area contributed by atoms with Gasteiger partial charge in [0.05, 0.1) is 26.0 Å². The second kappa shape index (κ2) is 10.2. The lowest BCUT2D eigenvalue weighted by Gasteiger charge is -2.22. The fourth-order valence-electron chi connectivity index (χ4n) is 3.96. The van der Waals surface area contributed by atoms with Crippen LogP contribution in [0.15, 0.2) is 70.9 Å². The van der Waals surface area contributed by atoms with Crippen LogP contribution in [0.5, 0.6) is 11.5 Å². The molecule has 0 bridgehead atoms. The molecule has 4 rings (SSSR count). The minimum atomic E-state index is -3.79. The number of anilines is 1. The van der Waals surface area contributed by atoms with E-state index in [4.69, 9.17) is 14.6 Å². The summed E-state index contributed by atoms with van der Waals surface area (Å²) in [6.45, 7) is 1.92. The molecule has 1 aromatic heterocycles. The number of sulfonamides is 1. The second-order valence-electron chi connectivity index (χ2n) is 8.14. The number of hydrogen-bond acceptors (Lipinski definition) is 7. The van der Waals surface area contributed by atoms with E-state index in [0.29, 0.717) is 34.9 Å². The summed E-state index contributed by atoms with van der Waals surface area (Å²) >= 11 is 0.